The molecule has 3 heterocycles. The van der Waals surface area contributed by atoms with Crippen molar-refractivity contribution in [3.63, 3.8) is 0 Å². The van der Waals surface area contributed by atoms with Crippen LogP contribution in [0.15, 0.2) is 18.2 Å². The van der Waals surface area contributed by atoms with Crippen LogP contribution in [0.1, 0.15) is 25.7 Å². The van der Waals surface area contributed by atoms with Crippen LogP contribution in [-0.4, -0.2) is 30.2 Å². The van der Waals surface area contributed by atoms with Crippen LogP contribution in [0.2, 0.25) is 0 Å². The Hall–Kier alpha value is -1.29. The number of hydrogen-bond acceptors (Lipinski definition) is 4. The standard InChI is InChI=1S/C13H19N3O/c1-17-13-4-2-3-12(15-13)16-10-5-6-11(16)8-9(14)7-10/h2-4,9-11H,5-8,14H2,1H3. The van der Waals surface area contributed by atoms with Crippen LogP contribution in [0.5, 0.6) is 5.88 Å². The maximum absolute atomic E-state index is 6.08. The van der Waals surface area contributed by atoms with Gasteiger partial charge in [0.2, 0.25) is 5.88 Å². The Morgan fingerprint density at radius 2 is 2.00 bits per heavy atom. The van der Waals surface area contributed by atoms with Crippen LogP contribution < -0.4 is 15.4 Å². The zero-order chi connectivity index (χ0) is 11.8. The molecule has 1 aromatic rings. The molecular formula is C13H19N3O. The van der Waals surface area contributed by atoms with Gasteiger partial charge in [0.1, 0.15) is 5.82 Å². The maximum atomic E-state index is 6.08. The lowest BCUT2D eigenvalue weighted by atomic mass is 9.98. The molecule has 2 aliphatic heterocycles. The Labute approximate surface area is 102 Å². The van der Waals surface area contributed by atoms with Gasteiger partial charge in [-0.3, -0.25) is 0 Å². The minimum atomic E-state index is 0.370. The van der Waals surface area contributed by atoms with E-state index in [0.29, 0.717) is 24.0 Å². The summed E-state index contributed by atoms with van der Waals surface area (Å²) in [7, 11) is 1.66. The lowest BCUT2D eigenvalue weighted by Gasteiger charge is -2.38. The molecule has 2 N–H and O–H groups in total. The van der Waals surface area contributed by atoms with Gasteiger partial charge in [-0.05, 0) is 31.7 Å². The second kappa shape index (κ2) is 4.18. The largest absolute Gasteiger partial charge is 0.481 e. The van der Waals surface area contributed by atoms with E-state index < -0.39 is 0 Å². The molecule has 0 amide bonds. The number of methoxy groups -OCH3 is 1. The normalized spacial score (nSPS) is 31.6. The number of nitrogens with zero attached hydrogens (tertiary/aromatic N) is 2. The molecule has 2 fully saturated rings. The number of nitrogens with two attached hydrogens (primary N) is 1. The molecule has 0 spiro atoms. The van der Waals surface area contributed by atoms with Crippen LogP contribution in [-0.2, 0) is 0 Å². The fraction of sp³-hybridized carbons (Fsp3) is 0.615. The summed E-state index contributed by atoms with van der Waals surface area (Å²) < 4.78 is 5.20. The minimum absolute atomic E-state index is 0.370. The first kappa shape index (κ1) is 10.8. The van der Waals surface area contributed by atoms with Gasteiger partial charge in [0, 0.05) is 24.2 Å². The summed E-state index contributed by atoms with van der Waals surface area (Å²) in [4.78, 5) is 6.99. The van der Waals surface area contributed by atoms with Gasteiger partial charge in [-0.15, -0.1) is 0 Å². The molecule has 92 valence electrons. The average Bonchev–Trinajstić information content (AvgIpc) is 2.62. The molecule has 4 heteroatoms. The van der Waals surface area contributed by atoms with Crippen molar-refractivity contribution in [2.24, 2.45) is 5.73 Å². The van der Waals surface area contributed by atoms with E-state index in [9.17, 15) is 0 Å². The average molecular weight is 233 g/mol. The van der Waals surface area contributed by atoms with Gasteiger partial charge >= 0.3 is 0 Å². The van der Waals surface area contributed by atoms with Crippen LogP contribution in [0.25, 0.3) is 0 Å². The maximum Gasteiger partial charge on any atom is 0.214 e. The lowest BCUT2D eigenvalue weighted by Crippen LogP contribution is -2.47. The topological polar surface area (TPSA) is 51.4 Å². The van der Waals surface area contributed by atoms with Crippen molar-refractivity contribution in [2.45, 2.75) is 43.8 Å². The number of aromatic nitrogens is 1. The molecule has 2 unspecified atom stereocenters. The molecule has 2 saturated heterocycles. The van der Waals surface area contributed by atoms with Gasteiger partial charge in [-0.25, -0.2) is 0 Å². The number of rotatable bonds is 2. The number of piperidine rings is 1. The fourth-order valence-corrected chi connectivity index (χ4v) is 3.25. The van der Waals surface area contributed by atoms with Gasteiger partial charge in [0.25, 0.3) is 0 Å². The van der Waals surface area contributed by atoms with Gasteiger partial charge in [-0.2, -0.15) is 4.98 Å². The first-order valence-electron chi connectivity index (χ1n) is 6.33. The van der Waals surface area contributed by atoms with Gasteiger partial charge in [0.15, 0.2) is 0 Å². The van der Waals surface area contributed by atoms with E-state index in [0.717, 1.165) is 18.7 Å². The molecule has 3 rings (SSSR count). The molecule has 0 aromatic carbocycles. The molecule has 2 bridgehead atoms. The van der Waals surface area contributed by atoms with E-state index in [2.05, 4.69) is 16.0 Å². The Morgan fingerprint density at radius 1 is 1.29 bits per heavy atom. The highest BCUT2D eigenvalue weighted by molar-refractivity contribution is 5.45. The third-order valence-corrected chi connectivity index (χ3v) is 3.95. The molecular weight excluding hydrogens is 214 g/mol. The van der Waals surface area contributed by atoms with Crippen molar-refractivity contribution in [1.82, 2.24) is 4.98 Å². The molecule has 0 saturated carbocycles. The van der Waals surface area contributed by atoms with E-state index in [4.69, 9.17) is 10.5 Å². The molecule has 0 aliphatic carbocycles. The van der Waals surface area contributed by atoms with E-state index in [-0.39, 0.29) is 0 Å². The number of pyridine rings is 1. The highest BCUT2D eigenvalue weighted by Gasteiger charge is 2.40. The van der Waals surface area contributed by atoms with Crippen LogP contribution >= 0.6 is 0 Å². The van der Waals surface area contributed by atoms with Crippen LogP contribution in [0.3, 0.4) is 0 Å². The molecule has 4 nitrogen and oxygen atoms in total. The van der Waals surface area contributed by atoms with Crippen molar-refractivity contribution < 1.29 is 4.74 Å². The van der Waals surface area contributed by atoms with Crippen LogP contribution in [0.4, 0.5) is 5.82 Å². The molecule has 2 atom stereocenters. The Bertz CT molecular complexity index is 395. The molecule has 17 heavy (non-hydrogen) atoms. The SMILES string of the molecule is COc1cccc(N2C3CCC2CC(N)C3)n1. The first-order valence-corrected chi connectivity index (χ1v) is 6.33. The second-order valence-corrected chi connectivity index (χ2v) is 5.06. The first-order chi connectivity index (χ1) is 8.28. The Balaban J connectivity index is 1.89. The summed E-state index contributed by atoms with van der Waals surface area (Å²) in [6.07, 6.45) is 4.68. The molecule has 0 radical (unpaired) electrons. The predicted molar refractivity (Wildman–Crippen MR) is 67.3 cm³/mol. The van der Waals surface area contributed by atoms with Gasteiger partial charge in [-0.1, -0.05) is 6.07 Å². The summed E-state index contributed by atoms with van der Waals surface area (Å²) in [5, 5.41) is 0. The quantitative estimate of drug-likeness (QED) is 0.842. The van der Waals surface area contributed by atoms with Crippen molar-refractivity contribution in [3.8, 4) is 5.88 Å². The predicted octanol–water partition coefficient (Wildman–Crippen LogP) is 1.55. The van der Waals surface area contributed by atoms with Crippen molar-refractivity contribution in [1.29, 1.82) is 0 Å². The van der Waals surface area contributed by atoms with E-state index in [1.54, 1.807) is 7.11 Å². The van der Waals surface area contributed by atoms with Gasteiger partial charge < -0.3 is 15.4 Å². The Kier molecular flexibility index (Phi) is 2.67. The van der Waals surface area contributed by atoms with Crippen LogP contribution in [0, 0.1) is 0 Å². The Morgan fingerprint density at radius 3 is 2.65 bits per heavy atom. The third-order valence-electron chi connectivity index (χ3n) is 3.95. The van der Waals surface area contributed by atoms with E-state index >= 15 is 0 Å². The number of fused-ring (bicyclic) bond motifs is 2. The van der Waals surface area contributed by atoms with Crippen molar-refractivity contribution >= 4 is 5.82 Å². The fourth-order valence-electron chi connectivity index (χ4n) is 3.25. The highest BCUT2D eigenvalue weighted by atomic mass is 16.5. The van der Waals surface area contributed by atoms with Gasteiger partial charge in [0.05, 0.1) is 7.11 Å². The van der Waals surface area contributed by atoms with E-state index in [1.807, 2.05) is 12.1 Å². The summed E-state index contributed by atoms with van der Waals surface area (Å²) in [5.74, 6) is 1.74. The number of ether oxygens (including phenoxy) is 1. The molecule has 1 aromatic heterocycles. The number of anilines is 1. The van der Waals surface area contributed by atoms with Crippen molar-refractivity contribution in [3.05, 3.63) is 18.2 Å². The zero-order valence-corrected chi connectivity index (χ0v) is 10.2. The highest BCUT2D eigenvalue weighted by Crippen LogP contribution is 2.38. The third kappa shape index (κ3) is 1.86. The minimum Gasteiger partial charge on any atom is -0.481 e. The summed E-state index contributed by atoms with van der Waals surface area (Å²) in [6, 6.07) is 7.49. The monoisotopic (exact) mass is 233 g/mol. The molecule has 2 aliphatic rings. The second-order valence-electron chi connectivity index (χ2n) is 5.06. The van der Waals surface area contributed by atoms with E-state index in [1.165, 1.54) is 12.8 Å². The summed E-state index contributed by atoms with van der Waals surface area (Å²) >= 11 is 0. The lowest BCUT2D eigenvalue weighted by molar-refractivity contribution is 0.390. The number of hydrogen-bond donors (Lipinski definition) is 1. The summed E-state index contributed by atoms with van der Waals surface area (Å²) in [6.45, 7) is 0. The smallest absolute Gasteiger partial charge is 0.214 e. The zero-order valence-electron chi connectivity index (χ0n) is 10.2. The summed E-state index contributed by atoms with van der Waals surface area (Å²) in [5.41, 5.74) is 6.08. The van der Waals surface area contributed by atoms with Crippen molar-refractivity contribution in [2.75, 3.05) is 12.0 Å².